The van der Waals surface area contributed by atoms with E-state index in [1.165, 1.54) is 0 Å². The van der Waals surface area contributed by atoms with Crippen molar-refractivity contribution in [2.75, 3.05) is 13.2 Å². The first-order chi connectivity index (χ1) is 7.35. The van der Waals surface area contributed by atoms with Crippen LogP contribution in [-0.2, 0) is 9.47 Å². The number of epoxide rings is 1. The number of hydrogen-bond donors (Lipinski definition) is 1. The Kier molecular flexibility index (Phi) is 2.07. The fourth-order valence-electron chi connectivity index (χ4n) is 2.78. The Labute approximate surface area is 88.6 Å². The molecule has 0 aromatic rings. The second-order valence-corrected chi connectivity index (χ2v) is 4.53. The van der Waals surface area contributed by atoms with Gasteiger partial charge in [-0.25, -0.2) is 0 Å². The normalized spacial score (nSPS) is 46.5. The maximum absolute atomic E-state index is 8.77. The zero-order valence-corrected chi connectivity index (χ0v) is 8.56. The van der Waals surface area contributed by atoms with Gasteiger partial charge in [-0.3, -0.25) is 0 Å². The predicted octanol–water partition coefficient (Wildman–Crippen LogP) is 1.34. The Bertz CT molecular complexity index is 326. The summed E-state index contributed by atoms with van der Waals surface area (Å²) in [6.07, 6.45) is 7.12. The first-order valence-electron chi connectivity index (χ1n) is 5.48. The molecule has 2 saturated heterocycles. The lowest BCUT2D eigenvalue weighted by molar-refractivity contribution is 0.0468. The van der Waals surface area contributed by atoms with Gasteiger partial charge >= 0.3 is 0 Å². The third kappa shape index (κ3) is 1.40. The standard InChI is InChI=1S/C11H15NO3/c13-12-9-3-1-2-8(6-9)11-7-14-5-4-10(11)15-11/h1,3,8,10,13H,2,4-7H2. The van der Waals surface area contributed by atoms with Gasteiger partial charge < -0.3 is 14.7 Å². The Balaban J connectivity index is 1.76. The smallest absolute Gasteiger partial charge is 0.121 e. The summed E-state index contributed by atoms with van der Waals surface area (Å²) in [6, 6.07) is 0. The zero-order valence-electron chi connectivity index (χ0n) is 8.56. The molecular weight excluding hydrogens is 194 g/mol. The van der Waals surface area contributed by atoms with Gasteiger partial charge in [-0.2, -0.15) is 0 Å². The highest BCUT2D eigenvalue weighted by atomic mass is 16.6. The van der Waals surface area contributed by atoms with Gasteiger partial charge in [0.2, 0.25) is 0 Å². The molecule has 3 atom stereocenters. The number of oxime groups is 1. The molecule has 0 spiro atoms. The Morgan fingerprint density at radius 2 is 2.47 bits per heavy atom. The molecule has 0 bridgehead atoms. The van der Waals surface area contributed by atoms with Crippen molar-refractivity contribution in [1.82, 2.24) is 0 Å². The number of rotatable bonds is 1. The average Bonchev–Trinajstić information content (AvgIpc) is 3.05. The molecule has 0 amide bonds. The molecule has 2 heterocycles. The summed E-state index contributed by atoms with van der Waals surface area (Å²) in [7, 11) is 0. The average molecular weight is 209 g/mol. The van der Waals surface area contributed by atoms with Crippen molar-refractivity contribution in [3.8, 4) is 0 Å². The summed E-state index contributed by atoms with van der Waals surface area (Å²) in [5, 5.41) is 12.0. The first kappa shape index (κ1) is 9.36. The number of allylic oxidation sites excluding steroid dienone is 2. The van der Waals surface area contributed by atoms with Crippen molar-refractivity contribution < 1.29 is 14.7 Å². The second-order valence-electron chi connectivity index (χ2n) is 4.53. The minimum atomic E-state index is -0.0705. The van der Waals surface area contributed by atoms with Crippen LogP contribution in [0.4, 0.5) is 0 Å². The zero-order chi connectivity index (χ0) is 10.3. The van der Waals surface area contributed by atoms with Crippen LogP contribution >= 0.6 is 0 Å². The minimum Gasteiger partial charge on any atom is -0.411 e. The van der Waals surface area contributed by atoms with Crippen LogP contribution in [0.25, 0.3) is 0 Å². The molecule has 3 unspecified atom stereocenters. The van der Waals surface area contributed by atoms with Crippen LogP contribution in [0.3, 0.4) is 0 Å². The van der Waals surface area contributed by atoms with Gasteiger partial charge in [0.15, 0.2) is 0 Å². The van der Waals surface area contributed by atoms with Crippen LogP contribution in [0.1, 0.15) is 19.3 Å². The molecule has 0 saturated carbocycles. The Morgan fingerprint density at radius 1 is 1.53 bits per heavy atom. The Morgan fingerprint density at radius 3 is 3.27 bits per heavy atom. The van der Waals surface area contributed by atoms with E-state index >= 15 is 0 Å². The highest BCUT2D eigenvalue weighted by Crippen LogP contribution is 2.50. The van der Waals surface area contributed by atoms with Crippen LogP contribution in [0, 0.1) is 5.92 Å². The van der Waals surface area contributed by atoms with E-state index in [0.717, 1.165) is 31.6 Å². The summed E-state index contributed by atoms with van der Waals surface area (Å²) < 4.78 is 11.3. The molecule has 2 aliphatic heterocycles. The monoisotopic (exact) mass is 209 g/mol. The van der Waals surface area contributed by atoms with Gasteiger partial charge in [0.1, 0.15) is 5.60 Å². The van der Waals surface area contributed by atoms with Crippen LogP contribution in [-0.4, -0.2) is 35.8 Å². The van der Waals surface area contributed by atoms with Crippen molar-refractivity contribution in [2.45, 2.75) is 31.0 Å². The summed E-state index contributed by atoms with van der Waals surface area (Å²) >= 11 is 0. The van der Waals surface area contributed by atoms with E-state index in [1.54, 1.807) is 0 Å². The second kappa shape index (κ2) is 3.32. The van der Waals surface area contributed by atoms with E-state index in [9.17, 15) is 0 Å². The van der Waals surface area contributed by atoms with Gasteiger partial charge in [-0.15, -0.1) is 0 Å². The van der Waals surface area contributed by atoms with E-state index < -0.39 is 0 Å². The molecule has 3 rings (SSSR count). The van der Waals surface area contributed by atoms with Crippen LogP contribution < -0.4 is 0 Å². The van der Waals surface area contributed by atoms with E-state index in [4.69, 9.17) is 14.7 Å². The SMILES string of the molecule is ON=C1C=CCC(C23COCCC2O3)C1. The maximum atomic E-state index is 8.77. The molecule has 1 N–H and O–H groups in total. The van der Waals surface area contributed by atoms with Crippen molar-refractivity contribution in [3.63, 3.8) is 0 Å². The molecule has 4 nitrogen and oxygen atoms in total. The predicted molar refractivity (Wildman–Crippen MR) is 54.1 cm³/mol. The third-order valence-corrected chi connectivity index (χ3v) is 3.71. The van der Waals surface area contributed by atoms with Crippen molar-refractivity contribution >= 4 is 5.71 Å². The number of fused-ring (bicyclic) bond motifs is 1. The lowest BCUT2D eigenvalue weighted by Gasteiger charge is -2.28. The summed E-state index contributed by atoms with van der Waals surface area (Å²) in [6.45, 7) is 1.52. The number of ether oxygens (including phenoxy) is 2. The molecule has 15 heavy (non-hydrogen) atoms. The molecule has 4 heteroatoms. The molecule has 1 aliphatic carbocycles. The van der Waals surface area contributed by atoms with Gasteiger partial charge in [0.05, 0.1) is 18.4 Å². The van der Waals surface area contributed by atoms with Gasteiger partial charge in [-0.1, -0.05) is 11.2 Å². The van der Waals surface area contributed by atoms with Crippen LogP contribution in [0.15, 0.2) is 17.3 Å². The fourth-order valence-corrected chi connectivity index (χ4v) is 2.78. The quantitative estimate of drug-likeness (QED) is 0.403. The van der Waals surface area contributed by atoms with E-state index in [0.29, 0.717) is 18.6 Å². The van der Waals surface area contributed by atoms with Crippen LogP contribution in [0.2, 0.25) is 0 Å². The Hall–Kier alpha value is -0.870. The van der Waals surface area contributed by atoms with E-state index in [-0.39, 0.29) is 5.60 Å². The number of hydrogen-bond acceptors (Lipinski definition) is 4. The summed E-state index contributed by atoms with van der Waals surface area (Å²) in [5.41, 5.74) is 0.680. The summed E-state index contributed by atoms with van der Waals surface area (Å²) in [4.78, 5) is 0. The number of nitrogens with zero attached hydrogens (tertiary/aromatic N) is 1. The van der Waals surface area contributed by atoms with Crippen molar-refractivity contribution in [2.24, 2.45) is 11.1 Å². The third-order valence-electron chi connectivity index (χ3n) is 3.71. The van der Waals surface area contributed by atoms with Crippen LogP contribution in [0.5, 0.6) is 0 Å². The van der Waals surface area contributed by atoms with Crippen molar-refractivity contribution in [1.29, 1.82) is 0 Å². The molecule has 3 aliphatic rings. The van der Waals surface area contributed by atoms with E-state index in [2.05, 4.69) is 11.2 Å². The van der Waals surface area contributed by atoms with Gasteiger partial charge in [0.25, 0.3) is 0 Å². The van der Waals surface area contributed by atoms with Gasteiger partial charge in [-0.05, 0) is 25.3 Å². The van der Waals surface area contributed by atoms with Crippen molar-refractivity contribution in [3.05, 3.63) is 12.2 Å². The first-order valence-corrected chi connectivity index (χ1v) is 5.48. The van der Waals surface area contributed by atoms with Gasteiger partial charge in [0, 0.05) is 12.5 Å². The topological polar surface area (TPSA) is 54.4 Å². The van der Waals surface area contributed by atoms with E-state index in [1.807, 2.05) is 6.08 Å². The lowest BCUT2D eigenvalue weighted by Crippen LogP contribution is -2.38. The molecule has 82 valence electrons. The maximum Gasteiger partial charge on any atom is 0.121 e. The molecular formula is C11H15NO3. The largest absolute Gasteiger partial charge is 0.411 e. The molecule has 0 aromatic carbocycles. The molecule has 2 fully saturated rings. The fraction of sp³-hybridized carbons (Fsp3) is 0.727. The molecule has 0 aromatic heterocycles. The minimum absolute atomic E-state index is 0.0705. The summed E-state index contributed by atoms with van der Waals surface area (Å²) in [5.74, 6) is 0.415. The molecule has 0 radical (unpaired) electrons. The lowest BCUT2D eigenvalue weighted by atomic mass is 9.79. The highest BCUT2D eigenvalue weighted by Gasteiger charge is 2.62. The highest BCUT2D eigenvalue weighted by molar-refractivity contribution is 5.95.